The summed E-state index contributed by atoms with van der Waals surface area (Å²) in [6.45, 7) is 11.5. The summed E-state index contributed by atoms with van der Waals surface area (Å²) in [5.74, 6) is 0.646. The summed E-state index contributed by atoms with van der Waals surface area (Å²) in [5.41, 5.74) is 6.91. The maximum Gasteiger partial charge on any atom is 0.233 e. The fraction of sp³-hybridized carbons (Fsp3) is 0.778. The summed E-state index contributed by atoms with van der Waals surface area (Å²) in [6.07, 6.45) is 0.795. The Morgan fingerprint density at radius 2 is 1.85 bits per heavy atom. The molecule has 0 saturated carbocycles. The van der Waals surface area contributed by atoms with Crippen LogP contribution in [0.2, 0.25) is 0 Å². The van der Waals surface area contributed by atoms with E-state index in [9.17, 15) is 8.42 Å². The van der Waals surface area contributed by atoms with Crippen LogP contribution in [0.15, 0.2) is 12.1 Å². The minimum Gasteiger partial charge on any atom is -0.476 e. The van der Waals surface area contributed by atoms with Crippen LogP contribution >= 0.6 is 0 Å². The molecule has 0 bridgehead atoms. The first-order valence-electron chi connectivity index (χ1n) is 9.56. The van der Waals surface area contributed by atoms with E-state index in [0.717, 1.165) is 12.1 Å². The van der Waals surface area contributed by atoms with Crippen molar-refractivity contribution in [2.75, 3.05) is 19.7 Å². The summed E-state index contributed by atoms with van der Waals surface area (Å²) in [5, 5.41) is 7.91. The Bertz CT molecular complexity index is 737. The molecule has 0 radical (unpaired) electrons. The largest absolute Gasteiger partial charge is 0.476 e. The highest BCUT2D eigenvalue weighted by atomic mass is 32.2. The fourth-order valence-corrected chi connectivity index (χ4v) is 6.00. The summed E-state index contributed by atoms with van der Waals surface area (Å²) in [7, 11) is -3.35. The van der Waals surface area contributed by atoms with Gasteiger partial charge in [0.2, 0.25) is 15.9 Å². The number of rotatable bonds is 5. The number of aromatic nitrogens is 2. The minimum absolute atomic E-state index is 0.0515. The molecule has 3 unspecified atom stereocenters. The highest BCUT2D eigenvalue weighted by Crippen LogP contribution is 2.27. The molecule has 2 fully saturated rings. The van der Waals surface area contributed by atoms with Gasteiger partial charge in [-0.2, -0.15) is 5.10 Å². The molecule has 0 aromatic carbocycles. The molecule has 2 aliphatic rings. The third-order valence-electron chi connectivity index (χ3n) is 5.35. The van der Waals surface area contributed by atoms with Gasteiger partial charge in [0.25, 0.3) is 0 Å². The Labute approximate surface area is 162 Å². The van der Waals surface area contributed by atoms with Crippen LogP contribution in [0, 0.1) is 5.92 Å². The van der Waals surface area contributed by atoms with Gasteiger partial charge in [0.05, 0.1) is 12.3 Å². The van der Waals surface area contributed by atoms with E-state index in [2.05, 4.69) is 41.8 Å². The maximum absolute atomic E-state index is 13.0. The molecule has 1 aromatic rings. The van der Waals surface area contributed by atoms with Gasteiger partial charge in [-0.15, -0.1) is 5.10 Å². The van der Waals surface area contributed by atoms with E-state index in [1.807, 2.05) is 26.0 Å². The second-order valence-corrected chi connectivity index (χ2v) is 10.8. The van der Waals surface area contributed by atoms with E-state index in [-0.39, 0.29) is 23.4 Å². The van der Waals surface area contributed by atoms with Crippen molar-refractivity contribution in [3.05, 3.63) is 17.8 Å². The fourth-order valence-electron chi connectivity index (χ4n) is 3.71. The number of sulfonamides is 1. The lowest BCUT2D eigenvalue weighted by atomic mass is 9.92. The van der Waals surface area contributed by atoms with Crippen molar-refractivity contribution in [3.63, 3.8) is 0 Å². The topological polar surface area (TPSA) is 96.5 Å². The number of hydrazine groups is 1. The Hall–Kier alpha value is -1.29. The van der Waals surface area contributed by atoms with Gasteiger partial charge >= 0.3 is 0 Å². The van der Waals surface area contributed by atoms with Gasteiger partial charge in [0, 0.05) is 42.6 Å². The Kier molecular flexibility index (Phi) is 5.77. The minimum atomic E-state index is -3.35. The van der Waals surface area contributed by atoms with E-state index in [0.29, 0.717) is 25.6 Å². The average Bonchev–Trinajstić information content (AvgIpc) is 3.20. The van der Waals surface area contributed by atoms with E-state index in [1.165, 1.54) is 0 Å². The van der Waals surface area contributed by atoms with Crippen molar-refractivity contribution in [1.82, 2.24) is 25.4 Å². The average molecular weight is 398 g/mol. The molecule has 3 heterocycles. The monoisotopic (exact) mass is 397 g/mol. The summed E-state index contributed by atoms with van der Waals surface area (Å²) < 4.78 is 33.4. The predicted molar refractivity (Wildman–Crippen MR) is 104 cm³/mol. The second-order valence-electron chi connectivity index (χ2n) is 8.71. The highest BCUT2D eigenvalue weighted by molar-refractivity contribution is 7.89. The van der Waals surface area contributed by atoms with Crippen LogP contribution in [0.1, 0.15) is 46.7 Å². The van der Waals surface area contributed by atoms with Gasteiger partial charge in [-0.25, -0.2) is 12.7 Å². The molecule has 0 aliphatic carbocycles. The first-order valence-corrected chi connectivity index (χ1v) is 11.1. The third-order valence-corrected chi connectivity index (χ3v) is 7.91. The van der Waals surface area contributed by atoms with Crippen molar-refractivity contribution >= 4 is 10.0 Å². The molecule has 2 N–H and O–H groups in total. The van der Waals surface area contributed by atoms with Gasteiger partial charge in [0.1, 0.15) is 5.25 Å². The van der Waals surface area contributed by atoms with Crippen LogP contribution in [0.3, 0.4) is 0 Å². The van der Waals surface area contributed by atoms with Crippen molar-refractivity contribution in [1.29, 1.82) is 0 Å². The predicted octanol–water partition coefficient (Wildman–Crippen LogP) is 1.06. The van der Waals surface area contributed by atoms with Gasteiger partial charge in [-0.1, -0.05) is 20.8 Å². The normalized spacial score (nSPS) is 30.0. The standard InChI is InChI=1S/C18H31N5O3S/c1-12-17(13(2)20-19-12)27(24,25)23-9-8-14(10-23)11-26-16-7-6-15(21-22-16)18(3,4)5/h6-7,12-14,17,19-20H,8-11H2,1-5H3. The van der Waals surface area contributed by atoms with Crippen molar-refractivity contribution in [2.24, 2.45) is 5.92 Å². The molecular weight excluding hydrogens is 366 g/mol. The first kappa shape index (κ1) is 20.4. The van der Waals surface area contributed by atoms with Crippen LogP contribution in [0.25, 0.3) is 0 Å². The Morgan fingerprint density at radius 3 is 2.41 bits per heavy atom. The van der Waals surface area contributed by atoms with E-state index >= 15 is 0 Å². The SMILES string of the molecule is CC1NNC(C)C1S(=O)(=O)N1CCC(COc2ccc(C(C)(C)C)nn2)C1. The van der Waals surface area contributed by atoms with E-state index < -0.39 is 15.3 Å². The number of ether oxygens (including phenoxy) is 1. The molecule has 2 aliphatic heterocycles. The molecule has 8 nitrogen and oxygen atoms in total. The van der Waals surface area contributed by atoms with Crippen molar-refractivity contribution < 1.29 is 13.2 Å². The molecule has 0 spiro atoms. The lowest BCUT2D eigenvalue weighted by Crippen LogP contribution is -2.46. The van der Waals surface area contributed by atoms with Gasteiger partial charge in [0.15, 0.2) is 0 Å². The molecule has 1 aromatic heterocycles. The van der Waals surface area contributed by atoms with Crippen LogP contribution < -0.4 is 15.6 Å². The van der Waals surface area contributed by atoms with Crippen LogP contribution in [0.5, 0.6) is 5.88 Å². The molecule has 3 atom stereocenters. The van der Waals surface area contributed by atoms with E-state index in [1.54, 1.807) is 4.31 Å². The van der Waals surface area contributed by atoms with Crippen molar-refractivity contribution in [2.45, 2.75) is 63.8 Å². The number of nitrogens with zero attached hydrogens (tertiary/aromatic N) is 3. The quantitative estimate of drug-likeness (QED) is 0.767. The Morgan fingerprint density at radius 1 is 1.19 bits per heavy atom. The lowest BCUT2D eigenvalue weighted by Gasteiger charge is -2.25. The third kappa shape index (κ3) is 4.42. The highest BCUT2D eigenvalue weighted by Gasteiger charge is 2.45. The summed E-state index contributed by atoms with van der Waals surface area (Å²) in [6, 6.07) is 3.53. The number of nitrogens with one attached hydrogen (secondary N) is 2. The van der Waals surface area contributed by atoms with E-state index in [4.69, 9.17) is 4.74 Å². The molecule has 9 heteroatoms. The summed E-state index contributed by atoms with van der Waals surface area (Å²) >= 11 is 0. The zero-order valence-corrected chi connectivity index (χ0v) is 17.6. The van der Waals surface area contributed by atoms with Crippen LogP contribution in [-0.4, -0.2) is 60.0 Å². The van der Waals surface area contributed by atoms with Gasteiger partial charge < -0.3 is 4.74 Å². The van der Waals surface area contributed by atoms with Gasteiger partial charge in [-0.3, -0.25) is 10.9 Å². The molecule has 3 rings (SSSR count). The zero-order chi connectivity index (χ0) is 19.8. The maximum atomic E-state index is 13.0. The zero-order valence-electron chi connectivity index (χ0n) is 16.8. The molecule has 0 amide bonds. The lowest BCUT2D eigenvalue weighted by molar-refractivity contribution is 0.243. The molecule has 2 saturated heterocycles. The smallest absolute Gasteiger partial charge is 0.233 e. The molecular formula is C18H31N5O3S. The van der Waals surface area contributed by atoms with Gasteiger partial charge in [-0.05, 0) is 26.3 Å². The van der Waals surface area contributed by atoms with Crippen molar-refractivity contribution in [3.8, 4) is 5.88 Å². The summed E-state index contributed by atoms with van der Waals surface area (Å²) in [4.78, 5) is 0. The first-order chi connectivity index (χ1) is 12.6. The number of hydrogen-bond acceptors (Lipinski definition) is 7. The number of hydrogen-bond donors (Lipinski definition) is 2. The second kappa shape index (κ2) is 7.62. The van der Waals surface area contributed by atoms with Crippen LogP contribution in [0.4, 0.5) is 0 Å². The molecule has 152 valence electrons. The molecule has 27 heavy (non-hydrogen) atoms. The Balaban J connectivity index is 1.55. The van der Waals surface area contributed by atoms with Crippen LogP contribution in [-0.2, 0) is 15.4 Å².